The number of nitrogens with one attached hydrogen (secondary N) is 1. The quantitative estimate of drug-likeness (QED) is 0.741. The summed E-state index contributed by atoms with van der Waals surface area (Å²) in [5.74, 6) is -0.233. The molecule has 1 rings (SSSR count). The molecule has 3 nitrogen and oxygen atoms in total. The predicted octanol–water partition coefficient (Wildman–Crippen LogP) is 4.72. The zero-order valence-electron chi connectivity index (χ0n) is 12.1. The third-order valence-electron chi connectivity index (χ3n) is 2.95. The Hall–Kier alpha value is -1.90. The number of anilines is 1. The summed E-state index contributed by atoms with van der Waals surface area (Å²) in [4.78, 5) is 0. The summed E-state index contributed by atoms with van der Waals surface area (Å²) >= 11 is 0. The molecule has 0 aliphatic heterocycles. The molecule has 6 heteroatoms. The van der Waals surface area contributed by atoms with Gasteiger partial charge in [0, 0.05) is 12.2 Å². The van der Waals surface area contributed by atoms with E-state index in [1.807, 2.05) is 13.8 Å². The lowest BCUT2D eigenvalue weighted by Gasteiger charge is -2.14. The van der Waals surface area contributed by atoms with Crippen LogP contribution in [0.3, 0.4) is 0 Å². The van der Waals surface area contributed by atoms with Crippen LogP contribution in [-0.4, -0.2) is 12.9 Å². The van der Waals surface area contributed by atoms with Crippen molar-refractivity contribution in [3.63, 3.8) is 0 Å². The lowest BCUT2D eigenvalue weighted by molar-refractivity contribution is -0.274. The molecule has 116 valence electrons. The van der Waals surface area contributed by atoms with Crippen LogP contribution in [0.25, 0.3) is 0 Å². The molecule has 0 spiro atoms. The molecule has 0 aliphatic rings. The average molecular weight is 300 g/mol. The van der Waals surface area contributed by atoms with E-state index in [1.165, 1.54) is 12.1 Å². The highest BCUT2D eigenvalue weighted by atomic mass is 19.4. The van der Waals surface area contributed by atoms with Gasteiger partial charge in [0.2, 0.25) is 0 Å². The number of nitrogens with zero attached hydrogens (tertiary/aromatic N) is 1. The summed E-state index contributed by atoms with van der Waals surface area (Å²) in [6.07, 6.45) is -2.03. The second-order valence-electron chi connectivity index (χ2n) is 5.45. The molecule has 1 aromatic carbocycles. The Balaban J connectivity index is 2.29. The van der Waals surface area contributed by atoms with Gasteiger partial charge in [-0.05, 0) is 51.0 Å². The molecular weight excluding hydrogens is 281 g/mol. The molecule has 0 heterocycles. The third-order valence-corrected chi connectivity index (χ3v) is 2.95. The average Bonchev–Trinajstić information content (AvgIpc) is 2.38. The molecule has 0 aromatic heterocycles. The number of benzene rings is 1. The highest BCUT2D eigenvalue weighted by Crippen LogP contribution is 2.24. The molecule has 0 bridgehead atoms. The van der Waals surface area contributed by atoms with Crippen molar-refractivity contribution in [2.24, 2.45) is 5.41 Å². The maximum atomic E-state index is 12.0. The minimum atomic E-state index is -4.66. The van der Waals surface area contributed by atoms with Gasteiger partial charge in [-0.3, -0.25) is 0 Å². The van der Waals surface area contributed by atoms with Crippen LogP contribution in [0, 0.1) is 16.7 Å². The van der Waals surface area contributed by atoms with Crippen molar-refractivity contribution in [2.75, 3.05) is 11.9 Å². The minimum absolute atomic E-state index is 0.233. The first-order chi connectivity index (χ1) is 9.72. The fraction of sp³-hybridized carbons (Fsp3) is 0.533. The van der Waals surface area contributed by atoms with E-state index in [2.05, 4.69) is 16.1 Å². The van der Waals surface area contributed by atoms with Crippen LogP contribution in [0.2, 0.25) is 0 Å². The van der Waals surface area contributed by atoms with Crippen LogP contribution in [0.15, 0.2) is 24.3 Å². The summed E-state index contributed by atoms with van der Waals surface area (Å²) in [7, 11) is 0. The number of hydrogen-bond acceptors (Lipinski definition) is 3. The van der Waals surface area contributed by atoms with E-state index in [0.29, 0.717) is 6.54 Å². The fourth-order valence-corrected chi connectivity index (χ4v) is 1.76. The largest absolute Gasteiger partial charge is 0.573 e. The van der Waals surface area contributed by atoms with E-state index < -0.39 is 6.36 Å². The number of alkyl halides is 3. The van der Waals surface area contributed by atoms with Crippen molar-refractivity contribution in [3.05, 3.63) is 24.3 Å². The molecule has 0 aliphatic carbocycles. The van der Waals surface area contributed by atoms with Gasteiger partial charge >= 0.3 is 6.36 Å². The van der Waals surface area contributed by atoms with Crippen LogP contribution in [0.1, 0.15) is 33.1 Å². The first-order valence-corrected chi connectivity index (χ1v) is 6.73. The van der Waals surface area contributed by atoms with Gasteiger partial charge < -0.3 is 10.1 Å². The predicted molar refractivity (Wildman–Crippen MR) is 74.9 cm³/mol. The minimum Gasteiger partial charge on any atom is -0.406 e. The van der Waals surface area contributed by atoms with Crippen LogP contribution < -0.4 is 10.1 Å². The standard InChI is InChI=1S/C15H19F3N2O/c1-14(2,11-19)9-3-4-10-20-12-5-7-13(8-6-12)21-15(16,17)18/h5-8,20H,3-4,9-10H2,1-2H3. The second-order valence-corrected chi connectivity index (χ2v) is 5.45. The molecule has 0 unspecified atom stereocenters. The molecule has 0 atom stereocenters. The van der Waals surface area contributed by atoms with E-state index >= 15 is 0 Å². The van der Waals surface area contributed by atoms with Crippen LogP contribution in [0.5, 0.6) is 5.75 Å². The van der Waals surface area contributed by atoms with Gasteiger partial charge in [-0.1, -0.05) is 6.42 Å². The first-order valence-electron chi connectivity index (χ1n) is 6.73. The zero-order valence-corrected chi connectivity index (χ0v) is 12.1. The molecular formula is C15H19F3N2O. The van der Waals surface area contributed by atoms with Crippen LogP contribution in [0.4, 0.5) is 18.9 Å². The summed E-state index contributed by atoms with van der Waals surface area (Å²) in [5.41, 5.74) is 0.431. The molecule has 0 fully saturated rings. The van der Waals surface area contributed by atoms with Gasteiger partial charge in [0.15, 0.2) is 0 Å². The van der Waals surface area contributed by atoms with E-state index in [9.17, 15) is 13.2 Å². The van der Waals surface area contributed by atoms with E-state index in [4.69, 9.17) is 5.26 Å². The Labute approximate surface area is 122 Å². The molecule has 0 saturated heterocycles. The van der Waals surface area contributed by atoms with Crippen molar-refractivity contribution >= 4 is 5.69 Å². The topological polar surface area (TPSA) is 45.0 Å². The van der Waals surface area contributed by atoms with E-state index in [-0.39, 0.29) is 11.2 Å². The zero-order chi connectivity index (χ0) is 15.9. The molecule has 21 heavy (non-hydrogen) atoms. The summed E-state index contributed by atoms with van der Waals surface area (Å²) < 4.78 is 39.8. The van der Waals surface area contributed by atoms with Gasteiger partial charge in [-0.2, -0.15) is 5.26 Å². The lowest BCUT2D eigenvalue weighted by atomic mass is 9.89. The molecule has 0 saturated carbocycles. The molecule has 1 N–H and O–H groups in total. The highest BCUT2D eigenvalue weighted by Gasteiger charge is 2.30. The Kier molecular flexibility index (Phi) is 5.89. The smallest absolute Gasteiger partial charge is 0.406 e. The van der Waals surface area contributed by atoms with E-state index in [1.54, 1.807) is 12.1 Å². The Morgan fingerprint density at radius 2 is 1.76 bits per heavy atom. The third kappa shape index (κ3) is 7.45. The number of halogens is 3. The monoisotopic (exact) mass is 300 g/mol. The van der Waals surface area contributed by atoms with Gasteiger partial charge in [0.1, 0.15) is 5.75 Å². The number of hydrogen-bond donors (Lipinski definition) is 1. The van der Waals surface area contributed by atoms with Gasteiger partial charge in [0.25, 0.3) is 0 Å². The van der Waals surface area contributed by atoms with Crippen molar-refractivity contribution in [2.45, 2.75) is 39.5 Å². The number of unbranched alkanes of at least 4 members (excludes halogenated alkanes) is 1. The SMILES string of the molecule is CC(C)(C#N)CCCCNc1ccc(OC(F)(F)F)cc1. The van der Waals surface area contributed by atoms with E-state index in [0.717, 1.165) is 24.9 Å². The Morgan fingerprint density at radius 1 is 1.14 bits per heavy atom. The second kappa shape index (κ2) is 7.21. The maximum Gasteiger partial charge on any atom is 0.573 e. The van der Waals surface area contributed by atoms with Crippen LogP contribution in [-0.2, 0) is 0 Å². The van der Waals surface area contributed by atoms with Crippen molar-refractivity contribution in [3.8, 4) is 11.8 Å². The summed E-state index contributed by atoms with van der Waals surface area (Å²) in [5, 5.41) is 12.0. The van der Waals surface area contributed by atoms with Gasteiger partial charge in [-0.15, -0.1) is 13.2 Å². The fourth-order valence-electron chi connectivity index (χ4n) is 1.76. The van der Waals surface area contributed by atoms with Crippen molar-refractivity contribution in [1.82, 2.24) is 0 Å². The molecule has 0 radical (unpaired) electrons. The summed E-state index contributed by atoms with van der Waals surface area (Å²) in [6.45, 7) is 4.51. The Morgan fingerprint density at radius 3 is 2.29 bits per heavy atom. The van der Waals surface area contributed by atoms with Crippen LogP contribution >= 0.6 is 0 Å². The number of rotatable bonds is 7. The highest BCUT2D eigenvalue weighted by molar-refractivity contribution is 5.46. The number of ether oxygens (including phenoxy) is 1. The Bertz CT molecular complexity index is 475. The number of nitriles is 1. The first kappa shape index (κ1) is 17.2. The van der Waals surface area contributed by atoms with Gasteiger partial charge in [0.05, 0.1) is 11.5 Å². The summed E-state index contributed by atoms with van der Waals surface area (Å²) in [6, 6.07) is 7.88. The normalized spacial score (nSPS) is 11.8. The van der Waals surface area contributed by atoms with Gasteiger partial charge in [-0.25, -0.2) is 0 Å². The maximum absolute atomic E-state index is 12.0. The lowest BCUT2D eigenvalue weighted by Crippen LogP contribution is -2.17. The van der Waals surface area contributed by atoms with Crippen molar-refractivity contribution < 1.29 is 17.9 Å². The van der Waals surface area contributed by atoms with Crippen molar-refractivity contribution in [1.29, 1.82) is 5.26 Å². The molecule has 1 aromatic rings. The molecule has 0 amide bonds.